The van der Waals surface area contributed by atoms with Gasteiger partial charge < -0.3 is 10.1 Å². The van der Waals surface area contributed by atoms with E-state index in [1.54, 1.807) is 12.1 Å². The zero-order chi connectivity index (χ0) is 15.1. The SMILES string of the molecule is COC(=O)Cc1ccccc1CNCc1ccc(F)cc1. The van der Waals surface area contributed by atoms with Crippen LogP contribution in [-0.4, -0.2) is 13.1 Å². The Bertz CT molecular complexity index is 596. The summed E-state index contributed by atoms with van der Waals surface area (Å²) in [6, 6.07) is 14.1. The lowest BCUT2D eigenvalue weighted by Crippen LogP contribution is -2.15. The molecule has 2 rings (SSSR count). The van der Waals surface area contributed by atoms with Crippen molar-refractivity contribution in [2.75, 3.05) is 7.11 Å². The maximum absolute atomic E-state index is 12.8. The van der Waals surface area contributed by atoms with Crippen LogP contribution in [0.3, 0.4) is 0 Å². The second kappa shape index (κ2) is 7.55. The summed E-state index contributed by atoms with van der Waals surface area (Å²) in [6.45, 7) is 1.29. The molecule has 1 N–H and O–H groups in total. The van der Waals surface area contributed by atoms with E-state index in [2.05, 4.69) is 5.32 Å². The predicted octanol–water partition coefficient (Wildman–Crippen LogP) is 2.83. The van der Waals surface area contributed by atoms with E-state index in [1.807, 2.05) is 24.3 Å². The zero-order valence-corrected chi connectivity index (χ0v) is 11.9. The highest BCUT2D eigenvalue weighted by molar-refractivity contribution is 5.72. The third kappa shape index (κ3) is 4.68. The smallest absolute Gasteiger partial charge is 0.309 e. The van der Waals surface area contributed by atoms with Crippen molar-refractivity contribution in [1.29, 1.82) is 0 Å². The number of rotatable bonds is 6. The minimum Gasteiger partial charge on any atom is -0.469 e. The van der Waals surface area contributed by atoms with Crippen LogP contribution in [-0.2, 0) is 29.0 Å². The standard InChI is InChI=1S/C17H18FNO2/c1-21-17(20)10-14-4-2-3-5-15(14)12-19-11-13-6-8-16(18)9-7-13/h2-9,19H,10-12H2,1H3. The van der Waals surface area contributed by atoms with E-state index in [0.717, 1.165) is 16.7 Å². The fourth-order valence-corrected chi connectivity index (χ4v) is 2.07. The molecule has 0 aromatic heterocycles. The van der Waals surface area contributed by atoms with E-state index < -0.39 is 0 Å². The monoisotopic (exact) mass is 287 g/mol. The Morgan fingerprint density at radius 2 is 1.71 bits per heavy atom. The maximum atomic E-state index is 12.8. The maximum Gasteiger partial charge on any atom is 0.309 e. The van der Waals surface area contributed by atoms with Crippen LogP contribution in [0.25, 0.3) is 0 Å². The summed E-state index contributed by atoms with van der Waals surface area (Å²) < 4.78 is 17.5. The first-order chi connectivity index (χ1) is 10.2. The average molecular weight is 287 g/mol. The summed E-state index contributed by atoms with van der Waals surface area (Å²) in [5, 5.41) is 3.29. The first kappa shape index (κ1) is 15.2. The topological polar surface area (TPSA) is 38.3 Å². The van der Waals surface area contributed by atoms with Gasteiger partial charge in [0.1, 0.15) is 5.82 Å². The molecule has 0 unspecified atom stereocenters. The third-order valence-corrected chi connectivity index (χ3v) is 3.24. The number of ether oxygens (including phenoxy) is 1. The fraction of sp³-hybridized carbons (Fsp3) is 0.235. The highest BCUT2D eigenvalue weighted by Crippen LogP contribution is 2.10. The molecule has 21 heavy (non-hydrogen) atoms. The van der Waals surface area contributed by atoms with E-state index in [-0.39, 0.29) is 18.2 Å². The van der Waals surface area contributed by atoms with Gasteiger partial charge in [-0.3, -0.25) is 4.79 Å². The second-order valence-electron chi connectivity index (χ2n) is 4.75. The lowest BCUT2D eigenvalue weighted by molar-refractivity contribution is -0.139. The summed E-state index contributed by atoms with van der Waals surface area (Å²) in [5.41, 5.74) is 3.03. The largest absolute Gasteiger partial charge is 0.469 e. The van der Waals surface area contributed by atoms with Gasteiger partial charge in [-0.1, -0.05) is 36.4 Å². The quantitative estimate of drug-likeness (QED) is 0.830. The van der Waals surface area contributed by atoms with Crippen molar-refractivity contribution in [1.82, 2.24) is 5.32 Å². The van der Waals surface area contributed by atoms with Gasteiger partial charge in [-0.25, -0.2) is 4.39 Å². The van der Waals surface area contributed by atoms with Crippen LogP contribution >= 0.6 is 0 Å². The molecule has 0 atom stereocenters. The van der Waals surface area contributed by atoms with Crippen molar-refractivity contribution in [2.45, 2.75) is 19.5 Å². The molecule has 0 spiro atoms. The molecule has 0 saturated heterocycles. The third-order valence-electron chi connectivity index (χ3n) is 3.24. The van der Waals surface area contributed by atoms with Crippen molar-refractivity contribution >= 4 is 5.97 Å². The molecule has 2 aromatic carbocycles. The van der Waals surface area contributed by atoms with Crippen molar-refractivity contribution in [3.63, 3.8) is 0 Å². The number of halogens is 1. The normalized spacial score (nSPS) is 10.4. The molecular weight excluding hydrogens is 269 g/mol. The number of carbonyl (C=O) groups excluding carboxylic acids is 1. The Kier molecular flexibility index (Phi) is 5.46. The molecule has 0 aliphatic carbocycles. The fourth-order valence-electron chi connectivity index (χ4n) is 2.07. The molecule has 0 radical (unpaired) electrons. The molecular formula is C17H18FNO2. The van der Waals surface area contributed by atoms with Gasteiger partial charge in [0.05, 0.1) is 13.5 Å². The molecule has 3 nitrogen and oxygen atoms in total. The van der Waals surface area contributed by atoms with Crippen LogP contribution < -0.4 is 5.32 Å². The van der Waals surface area contributed by atoms with E-state index in [4.69, 9.17) is 4.74 Å². The van der Waals surface area contributed by atoms with Gasteiger partial charge in [0.25, 0.3) is 0 Å². The van der Waals surface area contributed by atoms with E-state index in [9.17, 15) is 9.18 Å². The molecule has 0 saturated carbocycles. The van der Waals surface area contributed by atoms with Crippen LogP contribution in [0.2, 0.25) is 0 Å². The van der Waals surface area contributed by atoms with Gasteiger partial charge >= 0.3 is 5.97 Å². The second-order valence-corrected chi connectivity index (χ2v) is 4.75. The van der Waals surface area contributed by atoms with Crippen molar-refractivity contribution < 1.29 is 13.9 Å². The Hall–Kier alpha value is -2.20. The highest BCUT2D eigenvalue weighted by atomic mass is 19.1. The average Bonchev–Trinajstić information content (AvgIpc) is 2.51. The number of benzene rings is 2. The number of hydrogen-bond acceptors (Lipinski definition) is 3. The molecule has 4 heteroatoms. The molecule has 2 aromatic rings. The van der Waals surface area contributed by atoms with Gasteiger partial charge in [0, 0.05) is 13.1 Å². The van der Waals surface area contributed by atoms with E-state index >= 15 is 0 Å². The van der Waals surface area contributed by atoms with E-state index in [1.165, 1.54) is 19.2 Å². The van der Waals surface area contributed by atoms with Crippen molar-refractivity contribution in [3.8, 4) is 0 Å². The summed E-state index contributed by atoms with van der Waals surface area (Å²) in [6.07, 6.45) is 0.269. The van der Waals surface area contributed by atoms with Crippen LogP contribution in [0.4, 0.5) is 4.39 Å². The lowest BCUT2D eigenvalue weighted by Gasteiger charge is -2.10. The molecule has 0 bridgehead atoms. The van der Waals surface area contributed by atoms with Crippen LogP contribution in [0.15, 0.2) is 48.5 Å². The van der Waals surface area contributed by atoms with Crippen LogP contribution in [0.5, 0.6) is 0 Å². The van der Waals surface area contributed by atoms with Crippen molar-refractivity contribution in [2.24, 2.45) is 0 Å². The summed E-state index contributed by atoms with van der Waals surface area (Å²) in [4.78, 5) is 11.4. The molecule has 0 heterocycles. The van der Waals surface area contributed by atoms with Crippen LogP contribution in [0, 0.1) is 5.82 Å². The van der Waals surface area contributed by atoms with Gasteiger partial charge in [0.15, 0.2) is 0 Å². The van der Waals surface area contributed by atoms with Gasteiger partial charge in [0.2, 0.25) is 0 Å². The number of esters is 1. The highest BCUT2D eigenvalue weighted by Gasteiger charge is 2.07. The van der Waals surface area contributed by atoms with Crippen LogP contribution in [0.1, 0.15) is 16.7 Å². The Morgan fingerprint density at radius 1 is 1.05 bits per heavy atom. The molecule has 110 valence electrons. The minimum atomic E-state index is -0.249. The van der Waals surface area contributed by atoms with E-state index in [0.29, 0.717) is 13.1 Å². The number of carbonyl (C=O) groups is 1. The Balaban J connectivity index is 1.93. The number of hydrogen-bond donors (Lipinski definition) is 1. The zero-order valence-electron chi connectivity index (χ0n) is 11.9. The summed E-state index contributed by atoms with van der Waals surface area (Å²) in [7, 11) is 1.39. The van der Waals surface area contributed by atoms with Gasteiger partial charge in [-0.2, -0.15) is 0 Å². The molecule has 0 aliphatic heterocycles. The number of methoxy groups -OCH3 is 1. The molecule has 0 fully saturated rings. The first-order valence-corrected chi connectivity index (χ1v) is 6.78. The predicted molar refractivity (Wildman–Crippen MR) is 79.1 cm³/mol. The van der Waals surface area contributed by atoms with Gasteiger partial charge in [-0.05, 0) is 28.8 Å². The molecule has 0 aliphatic rings. The Morgan fingerprint density at radius 3 is 2.38 bits per heavy atom. The Labute approximate surface area is 123 Å². The lowest BCUT2D eigenvalue weighted by atomic mass is 10.0. The van der Waals surface area contributed by atoms with Crippen molar-refractivity contribution in [3.05, 3.63) is 71.0 Å². The van der Waals surface area contributed by atoms with Gasteiger partial charge in [-0.15, -0.1) is 0 Å². The molecule has 0 amide bonds. The minimum absolute atomic E-state index is 0.234. The number of nitrogens with one attached hydrogen (secondary N) is 1. The first-order valence-electron chi connectivity index (χ1n) is 6.78. The summed E-state index contributed by atoms with van der Waals surface area (Å²) >= 11 is 0. The summed E-state index contributed by atoms with van der Waals surface area (Å²) in [5.74, 6) is -0.483.